The fourth-order valence-corrected chi connectivity index (χ4v) is 3.41. The van der Waals surface area contributed by atoms with Crippen LogP contribution in [0.1, 0.15) is 23.8 Å². The number of carboxylic acids is 1. The smallest absolute Gasteiger partial charge is 0.327 e. The van der Waals surface area contributed by atoms with E-state index in [1.807, 2.05) is 6.92 Å². The predicted octanol–water partition coefficient (Wildman–Crippen LogP) is 1.04. The molecule has 1 saturated heterocycles. The van der Waals surface area contributed by atoms with Crippen LogP contribution >= 0.6 is 11.8 Å². The second-order valence-electron chi connectivity index (χ2n) is 4.20. The first-order valence-corrected chi connectivity index (χ1v) is 6.98. The van der Waals surface area contributed by atoms with Crippen molar-refractivity contribution < 1.29 is 14.7 Å². The van der Waals surface area contributed by atoms with Gasteiger partial charge in [-0.05, 0) is 18.6 Å². The molecule has 1 aromatic rings. The highest BCUT2D eigenvalue weighted by atomic mass is 32.2. The molecule has 3 N–H and O–H groups in total. The lowest BCUT2D eigenvalue weighted by atomic mass is 10.2. The van der Waals surface area contributed by atoms with Crippen molar-refractivity contribution >= 4 is 29.3 Å². The summed E-state index contributed by atoms with van der Waals surface area (Å²) >= 11 is 1.47. The maximum atomic E-state index is 12.5. The summed E-state index contributed by atoms with van der Waals surface area (Å²) in [6.45, 7) is 1.92. The van der Waals surface area contributed by atoms with Gasteiger partial charge in [0.2, 0.25) is 0 Å². The fraction of sp³-hybridized carbons (Fsp3) is 0.417. The van der Waals surface area contributed by atoms with E-state index in [-0.39, 0.29) is 16.8 Å². The van der Waals surface area contributed by atoms with E-state index in [1.165, 1.54) is 22.9 Å². The van der Waals surface area contributed by atoms with E-state index in [1.54, 1.807) is 12.1 Å². The minimum atomic E-state index is -0.994. The molecule has 1 aliphatic heterocycles. The molecule has 2 rings (SSSR count). The van der Waals surface area contributed by atoms with Crippen LogP contribution in [-0.4, -0.2) is 44.0 Å². The van der Waals surface area contributed by atoms with Crippen LogP contribution in [0.4, 0.5) is 5.69 Å². The lowest BCUT2D eigenvalue weighted by Gasteiger charge is -2.26. The van der Waals surface area contributed by atoms with Crippen LogP contribution in [0.2, 0.25) is 0 Å². The Kier molecular flexibility index (Phi) is 3.94. The van der Waals surface area contributed by atoms with Gasteiger partial charge in [-0.15, -0.1) is 11.8 Å². The fourth-order valence-electron chi connectivity index (χ4n) is 2.06. The highest BCUT2D eigenvalue weighted by molar-refractivity contribution is 8.00. The average molecular weight is 281 g/mol. The molecule has 0 spiro atoms. The van der Waals surface area contributed by atoms with Crippen molar-refractivity contribution in [1.82, 2.24) is 9.88 Å². The number of pyridine rings is 1. The maximum Gasteiger partial charge on any atom is 0.327 e. The zero-order valence-electron chi connectivity index (χ0n) is 10.4. The number of nitrogen functional groups attached to an aromatic ring is 1. The van der Waals surface area contributed by atoms with E-state index in [0.29, 0.717) is 12.2 Å². The van der Waals surface area contributed by atoms with Crippen molar-refractivity contribution in [2.24, 2.45) is 0 Å². The first-order valence-electron chi connectivity index (χ1n) is 5.93. The molecular formula is C12H15N3O3S. The summed E-state index contributed by atoms with van der Waals surface area (Å²) in [6, 6.07) is 2.40. The van der Waals surface area contributed by atoms with E-state index < -0.39 is 17.9 Å². The third-order valence-corrected chi connectivity index (χ3v) is 4.46. The monoisotopic (exact) mass is 281 g/mol. The molecule has 102 valence electrons. The van der Waals surface area contributed by atoms with Crippen molar-refractivity contribution in [3.8, 4) is 0 Å². The van der Waals surface area contributed by atoms with Gasteiger partial charge in [-0.2, -0.15) is 0 Å². The number of rotatable bonds is 3. The summed E-state index contributed by atoms with van der Waals surface area (Å²) in [6.07, 6.45) is 2.16. The minimum Gasteiger partial charge on any atom is -0.480 e. The van der Waals surface area contributed by atoms with Crippen LogP contribution in [0.3, 0.4) is 0 Å². The first-order chi connectivity index (χ1) is 9.06. The molecule has 1 aromatic heterocycles. The van der Waals surface area contributed by atoms with Crippen LogP contribution < -0.4 is 5.73 Å². The Labute approximate surface area is 115 Å². The number of nitrogens with zero attached hydrogens (tertiary/aromatic N) is 2. The maximum absolute atomic E-state index is 12.5. The van der Waals surface area contributed by atoms with Gasteiger partial charge in [0.1, 0.15) is 6.04 Å². The summed E-state index contributed by atoms with van der Waals surface area (Å²) in [5, 5.41) is 9.06. The van der Waals surface area contributed by atoms with Crippen molar-refractivity contribution in [3.05, 3.63) is 24.0 Å². The van der Waals surface area contributed by atoms with Crippen molar-refractivity contribution in [2.45, 2.75) is 24.8 Å². The van der Waals surface area contributed by atoms with Gasteiger partial charge in [0, 0.05) is 11.9 Å². The largest absolute Gasteiger partial charge is 0.480 e. The summed E-state index contributed by atoms with van der Waals surface area (Å²) < 4.78 is 0. The van der Waals surface area contributed by atoms with Gasteiger partial charge in [0.25, 0.3) is 5.91 Å². The average Bonchev–Trinajstić information content (AvgIpc) is 2.82. The molecule has 19 heavy (non-hydrogen) atoms. The second kappa shape index (κ2) is 5.48. The minimum absolute atomic E-state index is 0.120. The highest BCUT2D eigenvalue weighted by Gasteiger charge is 2.41. The molecule has 6 nitrogen and oxygen atoms in total. The van der Waals surface area contributed by atoms with Gasteiger partial charge in [-0.1, -0.05) is 6.92 Å². The number of carbonyl (C=O) groups is 2. The molecule has 1 fully saturated rings. The molecule has 1 aliphatic rings. The Morgan fingerprint density at radius 1 is 1.63 bits per heavy atom. The molecule has 2 unspecified atom stereocenters. The Morgan fingerprint density at radius 2 is 2.37 bits per heavy atom. The Morgan fingerprint density at radius 3 is 2.95 bits per heavy atom. The molecule has 0 radical (unpaired) electrons. The molecule has 0 saturated carbocycles. The van der Waals surface area contributed by atoms with E-state index in [4.69, 9.17) is 5.73 Å². The van der Waals surface area contributed by atoms with Crippen molar-refractivity contribution in [2.75, 3.05) is 11.5 Å². The van der Waals surface area contributed by atoms with Gasteiger partial charge in [0.05, 0.1) is 11.1 Å². The molecule has 0 bridgehead atoms. The highest BCUT2D eigenvalue weighted by Crippen LogP contribution is 2.33. The Bertz CT molecular complexity index is 509. The van der Waals surface area contributed by atoms with Crippen LogP contribution in [-0.2, 0) is 4.79 Å². The number of amides is 1. The number of carbonyl (C=O) groups excluding carboxylic acids is 1. The summed E-state index contributed by atoms with van der Waals surface area (Å²) in [4.78, 5) is 29.0. The van der Waals surface area contributed by atoms with Gasteiger partial charge in [-0.3, -0.25) is 4.79 Å². The number of carboxylic acid groups (broad SMARTS) is 1. The Hall–Kier alpha value is -1.76. The summed E-state index contributed by atoms with van der Waals surface area (Å²) in [5.41, 5.74) is 6.12. The number of aromatic nitrogens is 1. The van der Waals surface area contributed by atoms with Crippen molar-refractivity contribution in [1.29, 1.82) is 0 Å². The van der Waals surface area contributed by atoms with Gasteiger partial charge in [-0.25, -0.2) is 9.78 Å². The topological polar surface area (TPSA) is 96.5 Å². The summed E-state index contributed by atoms with van der Waals surface area (Å²) in [5.74, 6) is -1.01. The lowest BCUT2D eigenvalue weighted by molar-refractivity contribution is -0.141. The predicted molar refractivity (Wildman–Crippen MR) is 72.8 cm³/mol. The zero-order chi connectivity index (χ0) is 14.0. The van der Waals surface area contributed by atoms with E-state index in [2.05, 4.69) is 4.98 Å². The number of hydrogen-bond acceptors (Lipinski definition) is 5. The number of thioether (sulfide) groups is 1. The number of aliphatic carboxylic acids is 1. The van der Waals surface area contributed by atoms with Crippen molar-refractivity contribution in [3.63, 3.8) is 0 Å². The third kappa shape index (κ3) is 2.51. The number of anilines is 1. The van der Waals surface area contributed by atoms with Crippen LogP contribution in [0.15, 0.2) is 18.3 Å². The zero-order valence-corrected chi connectivity index (χ0v) is 11.3. The Balaban J connectivity index is 2.34. The standard InChI is InChI=1S/C12H15N3O3S/c1-2-9-15(8(6-19-9)12(17)18)11(16)10-7(13)4-3-5-14-10/h3-5,8-9H,2,6,13H2,1H3,(H,17,18). The van der Waals surface area contributed by atoms with Crippen LogP contribution in [0.25, 0.3) is 0 Å². The summed E-state index contributed by atoms with van der Waals surface area (Å²) in [7, 11) is 0. The van der Waals surface area contributed by atoms with E-state index >= 15 is 0 Å². The van der Waals surface area contributed by atoms with Gasteiger partial charge >= 0.3 is 5.97 Å². The number of nitrogens with two attached hydrogens (primary N) is 1. The number of hydrogen-bond donors (Lipinski definition) is 2. The van der Waals surface area contributed by atoms with Gasteiger partial charge in [0.15, 0.2) is 5.69 Å². The third-order valence-electron chi connectivity index (χ3n) is 3.00. The quantitative estimate of drug-likeness (QED) is 0.859. The van der Waals surface area contributed by atoms with E-state index in [9.17, 15) is 14.7 Å². The molecule has 0 aliphatic carbocycles. The molecule has 2 atom stereocenters. The normalized spacial score (nSPS) is 22.5. The molecule has 7 heteroatoms. The van der Waals surface area contributed by atoms with Crippen LogP contribution in [0.5, 0.6) is 0 Å². The lowest BCUT2D eigenvalue weighted by Crippen LogP contribution is -2.45. The van der Waals surface area contributed by atoms with Crippen LogP contribution in [0, 0.1) is 0 Å². The van der Waals surface area contributed by atoms with E-state index in [0.717, 1.165) is 0 Å². The first kappa shape index (κ1) is 13.7. The molecular weight excluding hydrogens is 266 g/mol. The molecule has 0 aromatic carbocycles. The van der Waals surface area contributed by atoms with Gasteiger partial charge < -0.3 is 15.7 Å². The molecule has 2 heterocycles. The molecule has 1 amide bonds. The second-order valence-corrected chi connectivity index (χ2v) is 5.41. The SMILES string of the molecule is CCC1SCC(C(=O)O)N1C(=O)c1ncccc1N.